The Hall–Kier alpha value is -2.56. The first-order valence-corrected chi connectivity index (χ1v) is 6.59. The van der Waals surface area contributed by atoms with Gasteiger partial charge in [-0.1, -0.05) is 36.4 Å². The van der Waals surface area contributed by atoms with Crippen LogP contribution in [0.25, 0.3) is 16.9 Å². The maximum atomic E-state index is 12.2. The van der Waals surface area contributed by atoms with E-state index in [1.165, 1.54) is 6.07 Å². The zero-order valence-electron chi connectivity index (χ0n) is 11.3. The van der Waals surface area contributed by atoms with Crippen molar-refractivity contribution in [2.24, 2.45) is 0 Å². The predicted octanol–water partition coefficient (Wildman–Crippen LogP) is 4.29. The van der Waals surface area contributed by atoms with Crippen LogP contribution in [0.5, 0.6) is 0 Å². The van der Waals surface area contributed by atoms with Gasteiger partial charge in [-0.05, 0) is 34.7 Å². The minimum absolute atomic E-state index is 0.198. The first kappa shape index (κ1) is 14.4. The molecule has 0 aromatic heterocycles. The summed E-state index contributed by atoms with van der Waals surface area (Å²) in [4.78, 5) is 10.9. The highest BCUT2D eigenvalue weighted by atomic mass is 19.4. The molecule has 0 spiro atoms. The number of halogens is 3. The number of benzene rings is 2. The van der Waals surface area contributed by atoms with Gasteiger partial charge in [-0.15, -0.1) is 0 Å². The van der Waals surface area contributed by atoms with Crippen molar-refractivity contribution in [3.63, 3.8) is 0 Å². The van der Waals surface area contributed by atoms with Crippen molar-refractivity contribution in [1.82, 2.24) is 0 Å². The van der Waals surface area contributed by atoms with Gasteiger partial charge in [0.2, 0.25) is 0 Å². The van der Waals surface area contributed by atoms with Gasteiger partial charge in [0.05, 0.1) is 0 Å². The Labute approximate surface area is 124 Å². The van der Waals surface area contributed by atoms with Gasteiger partial charge < -0.3 is 5.11 Å². The minimum Gasteiger partial charge on any atom is -0.507 e. The van der Waals surface area contributed by atoms with E-state index in [0.717, 1.165) is 22.3 Å². The lowest BCUT2D eigenvalue weighted by molar-refractivity contribution is -0.165. The fourth-order valence-corrected chi connectivity index (χ4v) is 2.59. The molecule has 2 nitrogen and oxygen atoms in total. The van der Waals surface area contributed by atoms with Crippen LogP contribution in [-0.4, -0.2) is 17.1 Å². The average Bonchev–Trinajstić information content (AvgIpc) is 2.83. The SMILES string of the molecule is O=C(/C=C(\O)c1ccc2c(c1)Cc1ccccc1-2)C(F)(F)F. The van der Waals surface area contributed by atoms with Gasteiger partial charge >= 0.3 is 6.18 Å². The maximum absolute atomic E-state index is 12.2. The van der Waals surface area contributed by atoms with Crippen LogP contribution in [-0.2, 0) is 11.2 Å². The number of aliphatic hydroxyl groups excluding tert-OH is 1. The number of allylic oxidation sites excluding steroid dienone is 1. The van der Waals surface area contributed by atoms with Crippen LogP contribution in [0.2, 0.25) is 0 Å². The largest absolute Gasteiger partial charge is 0.507 e. The number of aliphatic hydroxyl groups is 1. The van der Waals surface area contributed by atoms with Crippen LogP contribution >= 0.6 is 0 Å². The minimum atomic E-state index is -4.99. The molecule has 112 valence electrons. The van der Waals surface area contributed by atoms with Crippen LogP contribution < -0.4 is 0 Å². The van der Waals surface area contributed by atoms with Crippen LogP contribution in [0.4, 0.5) is 13.2 Å². The number of hydrogen-bond donors (Lipinski definition) is 1. The Kier molecular flexibility index (Phi) is 3.28. The second kappa shape index (κ2) is 5.02. The third-order valence-corrected chi connectivity index (χ3v) is 3.64. The summed E-state index contributed by atoms with van der Waals surface area (Å²) in [7, 11) is 0. The number of fused-ring (bicyclic) bond motifs is 3. The fraction of sp³-hybridized carbons (Fsp3) is 0.118. The topological polar surface area (TPSA) is 37.3 Å². The third-order valence-electron chi connectivity index (χ3n) is 3.64. The number of ketones is 1. The zero-order valence-corrected chi connectivity index (χ0v) is 11.3. The lowest BCUT2D eigenvalue weighted by atomic mass is 10.0. The molecule has 0 unspecified atom stereocenters. The lowest BCUT2D eigenvalue weighted by Crippen LogP contribution is -2.20. The quantitative estimate of drug-likeness (QED) is 0.566. The van der Waals surface area contributed by atoms with Gasteiger partial charge in [0.25, 0.3) is 5.78 Å². The van der Waals surface area contributed by atoms with E-state index in [0.29, 0.717) is 6.42 Å². The summed E-state index contributed by atoms with van der Waals surface area (Å²) in [6.45, 7) is 0. The van der Waals surface area contributed by atoms with E-state index in [-0.39, 0.29) is 11.6 Å². The van der Waals surface area contributed by atoms with E-state index < -0.39 is 17.7 Å². The van der Waals surface area contributed by atoms with Crippen molar-refractivity contribution in [2.75, 3.05) is 0 Å². The van der Waals surface area contributed by atoms with E-state index >= 15 is 0 Å². The summed E-state index contributed by atoms with van der Waals surface area (Å²) in [6.07, 6.45) is -4.12. The molecule has 22 heavy (non-hydrogen) atoms. The predicted molar refractivity (Wildman–Crippen MR) is 76.4 cm³/mol. The smallest absolute Gasteiger partial charge is 0.454 e. The highest BCUT2D eigenvalue weighted by Crippen LogP contribution is 2.37. The van der Waals surface area contributed by atoms with Crippen LogP contribution in [0, 0.1) is 0 Å². The summed E-state index contributed by atoms with van der Waals surface area (Å²) < 4.78 is 36.7. The fourth-order valence-electron chi connectivity index (χ4n) is 2.59. The molecule has 0 aliphatic heterocycles. The molecule has 1 aliphatic carbocycles. The van der Waals surface area contributed by atoms with Crippen molar-refractivity contribution < 1.29 is 23.1 Å². The molecule has 2 aromatic rings. The number of hydrogen-bond acceptors (Lipinski definition) is 2. The number of alkyl halides is 3. The number of carbonyl (C=O) groups is 1. The van der Waals surface area contributed by atoms with E-state index in [1.54, 1.807) is 12.1 Å². The normalized spacial score (nSPS) is 13.7. The molecule has 1 aliphatic rings. The molecule has 0 heterocycles. The van der Waals surface area contributed by atoms with Gasteiger partial charge in [0.15, 0.2) is 0 Å². The van der Waals surface area contributed by atoms with Crippen LogP contribution in [0.15, 0.2) is 48.5 Å². The summed E-state index contributed by atoms with van der Waals surface area (Å²) in [5.41, 5.74) is 4.32. The van der Waals surface area contributed by atoms with Crippen molar-refractivity contribution >= 4 is 11.5 Å². The molecule has 0 amide bonds. The molecular formula is C17H11F3O2. The Morgan fingerprint density at radius 3 is 2.45 bits per heavy atom. The van der Waals surface area contributed by atoms with Crippen molar-refractivity contribution in [2.45, 2.75) is 12.6 Å². The highest BCUT2D eigenvalue weighted by Gasteiger charge is 2.37. The molecule has 2 aromatic carbocycles. The van der Waals surface area contributed by atoms with Crippen LogP contribution in [0.1, 0.15) is 16.7 Å². The van der Waals surface area contributed by atoms with Crippen molar-refractivity contribution in [3.8, 4) is 11.1 Å². The van der Waals surface area contributed by atoms with Gasteiger partial charge in [-0.3, -0.25) is 4.79 Å². The molecule has 5 heteroatoms. The highest BCUT2D eigenvalue weighted by molar-refractivity contribution is 5.99. The molecule has 1 N–H and O–H groups in total. The van der Waals surface area contributed by atoms with Gasteiger partial charge in [-0.2, -0.15) is 13.2 Å². The van der Waals surface area contributed by atoms with E-state index in [2.05, 4.69) is 0 Å². The van der Waals surface area contributed by atoms with E-state index in [1.807, 2.05) is 24.3 Å². The summed E-state index contributed by atoms with van der Waals surface area (Å²) in [5, 5.41) is 9.74. The first-order chi connectivity index (χ1) is 10.4. The molecule has 0 bridgehead atoms. The molecule has 0 atom stereocenters. The maximum Gasteiger partial charge on any atom is 0.454 e. The Morgan fingerprint density at radius 2 is 1.73 bits per heavy atom. The number of rotatable bonds is 2. The molecule has 0 saturated carbocycles. The monoisotopic (exact) mass is 304 g/mol. The lowest BCUT2D eigenvalue weighted by Gasteiger charge is -2.06. The van der Waals surface area contributed by atoms with Crippen molar-refractivity contribution in [3.05, 3.63) is 65.2 Å². The van der Waals surface area contributed by atoms with E-state index in [4.69, 9.17) is 0 Å². The molecule has 0 saturated heterocycles. The zero-order chi connectivity index (χ0) is 15.9. The Balaban J connectivity index is 1.95. The van der Waals surface area contributed by atoms with Crippen molar-refractivity contribution in [1.29, 1.82) is 0 Å². The summed E-state index contributed by atoms with van der Waals surface area (Å²) in [5.74, 6) is -2.75. The second-order valence-corrected chi connectivity index (χ2v) is 5.10. The van der Waals surface area contributed by atoms with Gasteiger partial charge in [0, 0.05) is 11.6 Å². The number of carbonyl (C=O) groups excluding carboxylic acids is 1. The van der Waals surface area contributed by atoms with Crippen LogP contribution in [0.3, 0.4) is 0 Å². The summed E-state index contributed by atoms with van der Waals surface area (Å²) in [6, 6.07) is 12.7. The molecular weight excluding hydrogens is 293 g/mol. The molecule has 3 rings (SSSR count). The average molecular weight is 304 g/mol. The Morgan fingerprint density at radius 1 is 1.05 bits per heavy atom. The first-order valence-electron chi connectivity index (χ1n) is 6.59. The second-order valence-electron chi connectivity index (χ2n) is 5.10. The van der Waals surface area contributed by atoms with E-state index in [9.17, 15) is 23.1 Å². The molecule has 0 radical (unpaired) electrons. The standard InChI is InChI=1S/C17H11F3O2/c18-17(19,20)16(22)9-15(21)11-5-6-14-12(8-11)7-10-3-1-2-4-13(10)14/h1-6,8-9,21H,7H2/b15-9-. The third kappa shape index (κ3) is 2.50. The summed E-state index contributed by atoms with van der Waals surface area (Å²) >= 11 is 0. The Bertz CT molecular complexity index is 789. The molecule has 0 fully saturated rings. The van der Waals surface area contributed by atoms with Gasteiger partial charge in [0.1, 0.15) is 5.76 Å². The van der Waals surface area contributed by atoms with Gasteiger partial charge in [-0.25, -0.2) is 0 Å².